The van der Waals surface area contributed by atoms with E-state index < -0.39 is 0 Å². The molecular formula is C25H29FN4O. The highest BCUT2D eigenvalue weighted by Crippen LogP contribution is 2.54. The van der Waals surface area contributed by atoms with Gasteiger partial charge in [0.05, 0.1) is 5.69 Å². The van der Waals surface area contributed by atoms with E-state index in [4.69, 9.17) is 4.98 Å². The topological polar surface area (TPSA) is 52.2 Å². The van der Waals surface area contributed by atoms with Crippen LogP contribution >= 0.6 is 0 Å². The second-order valence-corrected chi connectivity index (χ2v) is 9.67. The van der Waals surface area contributed by atoms with Gasteiger partial charge in [0.15, 0.2) is 0 Å². The summed E-state index contributed by atoms with van der Waals surface area (Å²) in [6.07, 6.45) is 9.95. The third-order valence-electron chi connectivity index (χ3n) is 7.84. The van der Waals surface area contributed by atoms with Crippen LogP contribution in [0.5, 0.6) is 0 Å². The Hall–Kier alpha value is -2.47. The van der Waals surface area contributed by atoms with Gasteiger partial charge in [-0.3, -0.25) is 9.69 Å². The van der Waals surface area contributed by atoms with Gasteiger partial charge in [0.25, 0.3) is 5.56 Å². The van der Waals surface area contributed by atoms with Crippen molar-refractivity contribution in [3.8, 4) is 0 Å². The zero-order valence-electron chi connectivity index (χ0n) is 17.9. The lowest BCUT2D eigenvalue weighted by atomic mass is 9.84. The van der Waals surface area contributed by atoms with Crippen molar-refractivity contribution in [3.05, 3.63) is 63.6 Å². The second-order valence-electron chi connectivity index (χ2n) is 9.67. The predicted octanol–water partition coefficient (Wildman–Crippen LogP) is 3.64. The summed E-state index contributed by atoms with van der Waals surface area (Å²) in [5.74, 6) is 0.622. The van der Waals surface area contributed by atoms with Crippen LogP contribution in [0.4, 0.5) is 10.1 Å². The number of hydrogen-bond acceptors (Lipinski definition) is 4. The van der Waals surface area contributed by atoms with Gasteiger partial charge in [0.2, 0.25) is 0 Å². The van der Waals surface area contributed by atoms with Crippen molar-refractivity contribution in [1.29, 1.82) is 0 Å². The molecule has 1 atom stereocenters. The Morgan fingerprint density at radius 1 is 1.03 bits per heavy atom. The van der Waals surface area contributed by atoms with Gasteiger partial charge in [0, 0.05) is 48.9 Å². The number of aromatic amines is 1. The number of rotatable bonds is 3. The van der Waals surface area contributed by atoms with Gasteiger partial charge in [-0.15, -0.1) is 0 Å². The molecule has 1 saturated heterocycles. The summed E-state index contributed by atoms with van der Waals surface area (Å²) in [7, 11) is 0. The molecule has 2 aromatic rings. The molecule has 0 unspecified atom stereocenters. The molecule has 162 valence electrons. The van der Waals surface area contributed by atoms with E-state index in [-0.39, 0.29) is 16.8 Å². The average molecular weight is 421 g/mol. The van der Waals surface area contributed by atoms with Crippen LogP contribution in [-0.4, -0.2) is 47.1 Å². The van der Waals surface area contributed by atoms with E-state index in [1.165, 1.54) is 37.0 Å². The molecule has 1 aromatic carbocycles. The summed E-state index contributed by atoms with van der Waals surface area (Å²) in [6.45, 7) is 3.87. The molecule has 1 saturated carbocycles. The highest BCUT2D eigenvalue weighted by Gasteiger charge is 2.49. The van der Waals surface area contributed by atoms with E-state index in [1.807, 2.05) is 12.1 Å². The Bertz CT molecular complexity index is 1080. The lowest BCUT2D eigenvalue weighted by Gasteiger charge is -2.38. The van der Waals surface area contributed by atoms with Gasteiger partial charge in [-0.25, -0.2) is 9.37 Å². The van der Waals surface area contributed by atoms with Crippen molar-refractivity contribution < 1.29 is 4.39 Å². The molecule has 1 aliphatic heterocycles. The maximum Gasteiger partial charge on any atom is 0.254 e. The minimum atomic E-state index is -0.188. The van der Waals surface area contributed by atoms with Crippen molar-refractivity contribution in [2.45, 2.75) is 56.4 Å². The van der Waals surface area contributed by atoms with Crippen LogP contribution in [0.3, 0.4) is 0 Å². The Kier molecular flexibility index (Phi) is 4.53. The van der Waals surface area contributed by atoms with E-state index in [0.717, 1.165) is 74.6 Å². The number of piperazine rings is 1. The Balaban J connectivity index is 1.17. The van der Waals surface area contributed by atoms with Crippen LogP contribution in [0.25, 0.3) is 5.57 Å². The number of H-pyrrole nitrogens is 1. The van der Waals surface area contributed by atoms with Crippen LogP contribution in [0, 0.1) is 5.82 Å². The number of halogens is 1. The Morgan fingerprint density at radius 2 is 1.81 bits per heavy atom. The fourth-order valence-electron chi connectivity index (χ4n) is 5.83. The number of fused-ring (bicyclic) bond motifs is 2. The zero-order chi connectivity index (χ0) is 21.0. The molecule has 2 fully saturated rings. The number of nitrogens with zero attached hydrogens (tertiary/aromatic N) is 3. The summed E-state index contributed by atoms with van der Waals surface area (Å²) >= 11 is 0. The van der Waals surface area contributed by atoms with Gasteiger partial charge < -0.3 is 9.88 Å². The van der Waals surface area contributed by atoms with E-state index in [1.54, 1.807) is 0 Å². The van der Waals surface area contributed by atoms with Crippen molar-refractivity contribution in [1.82, 2.24) is 14.9 Å². The fourth-order valence-corrected chi connectivity index (χ4v) is 5.83. The molecule has 1 N–H and O–H groups in total. The monoisotopic (exact) mass is 420 g/mol. The maximum absolute atomic E-state index is 13.2. The summed E-state index contributed by atoms with van der Waals surface area (Å²) in [5.41, 5.74) is 4.64. The van der Waals surface area contributed by atoms with Crippen LogP contribution < -0.4 is 10.5 Å². The molecule has 2 heterocycles. The molecule has 0 amide bonds. The molecule has 0 bridgehead atoms. The third kappa shape index (κ3) is 3.41. The maximum atomic E-state index is 13.2. The first-order valence-electron chi connectivity index (χ1n) is 11.7. The van der Waals surface area contributed by atoms with Gasteiger partial charge in [-0.1, -0.05) is 6.08 Å². The largest absolute Gasteiger partial charge is 0.369 e. The summed E-state index contributed by atoms with van der Waals surface area (Å²) in [5, 5.41) is 0. The lowest BCUT2D eigenvalue weighted by molar-refractivity contribution is 0.214. The predicted molar refractivity (Wildman–Crippen MR) is 120 cm³/mol. The number of aromatic nitrogens is 2. The van der Waals surface area contributed by atoms with Gasteiger partial charge in [-0.2, -0.15) is 0 Å². The van der Waals surface area contributed by atoms with E-state index in [2.05, 4.69) is 20.9 Å². The van der Waals surface area contributed by atoms with Gasteiger partial charge in [-0.05, 0) is 74.8 Å². The van der Waals surface area contributed by atoms with E-state index >= 15 is 0 Å². The molecule has 3 aliphatic carbocycles. The molecule has 0 radical (unpaired) electrons. The van der Waals surface area contributed by atoms with Crippen molar-refractivity contribution in [2.75, 3.05) is 31.1 Å². The Labute approximate surface area is 182 Å². The van der Waals surface area contributed by atoms with Crippen molar-refractivity contribution in [3.63, 3.8) is 0 Å². The normalized spacial score (nSPS) is 24.9. The highest BCUT2D eigenvalue weighted by atomic mass is 19.1. The van der Waals surface area contributed by atoms with Crippen molar-refractivity contribution >= 4 is 11.3 Å². The van der Waals surface area contributed by atoms with Crippen molar-refractivity contribution in [2.24, 2.45) is 0 Å². The number of nitrogens with one attached hydrogen (secondary N) is 1. The van der Waals surface area contributed by atoms with Gasteiger partial charge in [0.1, 0.15) is 11.6 Å². The summed E-state index contributed by atoms with van der Waals surface area (Å²) < 4.78 is 13.2. The number of hydrogen-bond donors (Lipinski definition) is 1. The minimum absolute atomic E-state index is 0.0863. The minimum Gasteiger partial charge on any atom is -0.369 e. The Morgan fingerprint density at radius 3 is 2.55 bits per heavy atom. The second kappa shape index (κ2) is 7.30. The zero-order valence-corrected chi connectivity index (χ0v) is 17.9. The van der Waals surface area contributed by atoms with Crippen LogP contribution in [-0.2, 0) is 11.8 Å². The molecule has 6 rings (SSSR count). The van der Waals surface area contributed by atoms with E-state index in [9.17, 15) is 9.18 Å². The van der Waals surface area contributed by atoms with Crippen LogP contribution in [0.15, 0.2) is 35.1 Å². The molecule has 1 spiro atoms. The van der Waals surface area contributed by atoms with Gasteiger partial charge >= 0.3 is 0 Å². The first-order chi connectivity index (χ1) is 15.1. The molecule has 6 heteroatoms. The summed E-state index contributed by atoms with van der Waals surface area (Å²) in [6, 6.07) is 7.20. The first kappa shape index (κ1) is 19.2. The molecular weight excluding hydrogens is 391 g/mol. The molecule has 1 aromatic heterocycles. The molecule has 31 heavy (non-hydrogen) atoms. The lowest BCUT2D eigenvalue weighted by Crippen LogP contribution is -2.49. The molecule has 5 nitrogen and oxygen atoms in total. The molecule has 4 aliphatic rings. The smallest absolute Gasteiger partial charge is 0.254 e. The summed E-state index contributed by atoms with van der Waals surface area (Å²) in [4.78, 5) is 25.8. The van der Waals surface area contributed by atoms with Crippen LogP contribution in [0.1, 0.15) is 55.6 Å². The average Bonchev–Trinajstić information content (AvgIpc) is 3.38. The third-order valence-corrected chi connectivity index (χ3v) is 7.84. The number of anilines is 1. The SMILES string of the molecule is O=c1[nH]c(C2=C[C@@H](N3CCN(c4ccc(F)cc4)CC3)CC2)nc2c1CCCC21CC1. The fraction of sp³-hybridized carbons (Fsp3) is 0.520. The number of allylic oxidation sites excluding steroid dienone is 1. The standard InChI is InChI=1S/C25H29FN4O/c26-18-4-7-19(8-5-18)29-12-14-30(15-13-29)20-6-3-17(16-20)23-27-22-21(24(31)28-23)2-1-9-25(22)10-11-25/h4-5,7-8,16,20H,1-3,6,9-15H2,(H,27,28,31)/t20-/m0/s1. The first-order valence-corrected chi connectivity index (χ1v) is 11.7. The van der Waals surface area contributed by atoms with E-state index in [0.29, 0.717) is 6.04 Å². The number of benzene rings is 1. The van der Waals surface area contributed by atoms with Crippen LogP contribution in [0.2, 0.25) is 0 Å². The highest BCUT2D eigenvalue weighted by molar-refractivity contribution is 5.63. The quantitative estimate of drug-likeness (QED) is 0.824.